The molecule has 1 saturated heterocycles. The first kappa shape index (κ1) is 10.7. The fourth-order valence-electron chi connectivity index (χ4n) is 1.69. The Bertz CT molecular complexity index is 384. The van der Waals surface area contributed by atoms with Gasteiger partial charge in [-0.15, -0.1) is 0 Å². The van der Waals surface area contributed by atoms with Gasteiger partial charge >= 0.3 is 0 Å². The molecule has 4 nitrogen and oxygen atoms in total. The summed E-state index contributed by atoms with van der Waals surface area (Å²) in [6.07, 6.45) is 2.34. The van der Waals surface area contributed by atoms with Gasteiger partial charge in [0.2, 0.25) is 0 Å². The summed E-state index contributed by atoms with van der Waals surface area (Å²) in [4.78, 5) is 18.2. The Balaban J connectivity index is 2.09. The van der Waals surface area contributed by atoms with Crippen LogP contribution in [0.25, 0.3) is 0 Å². The summed E-state index contributed by atoms with van der Waals surface area (Å²) >= 11 is 1.96. The van der Waals surface area contributed by atoms with Crippen LogP contribution in [0.3, 0.4) is 0 Å². The minimum absolute atomic E-state index is 0.0246. The van der Waals surface area contributed by atoms with Crippen molar-refractivity contribution >= 4 is 11.8 Å². The summed E-state index contributed by atoms with van der Waals surface area (Å²) in [5.74, 6) is 2.28. The Morgan fingerprint density at radius 2 is 2.53 bits per heavy atom. The zero-order valence-electron chi connectivity index (χ0n) is 8.75. The highest BCUT2D eigenvalue weighted by Gasteiger charge is 2.15. The summed E-state index contributed by atoms with van der Waals surface area (Å²) in [5, 5.41) is 3.44. The van der Waals surface area contributed by atoms with Gasteiger partial charge in [0.25, 0.3) is 5.56 Å². The lowest BCUT2D eigenvalue weighted by atomic mass is 10.1. The lowest BCUT2D eigenvalue weighted by Gasteiger charge is -2.23. The van der Waals surface area contributed by atoms with E-state index >= 15 is 0 Å². The zero-order chi connectivity index (χ0) is 10.7. The van der Waals surface area contributed by atoms with E-state index < -0.39 is 0 Å². The molecule has 0 bridgehead atoms. The molecule has 5 heteroatoms. The van der Waals surface area contributed by atoms with Gasteiger partial charge in [-0.25, -0.2) is 4.98 Å². The van der Waals surface area contributed by atoms with E-state index in [1.807, 2.05) is 18.7 Å². The van der Waals surface area contributed by atoms with Gasteiger partial charge in [0.1, 0.15) is 0 Å². The van der Waals surface area contributed by atoms with Gasteiger partial charge in [-0.3, -0.25) is 4.79 Å². The van der Waals surface area contributed by atoms with Crippen molar-refractivity contribution in [2.75, 3.05) is 18.1 Å². The van der Waals surface area contributed by atoms with Crippen molar-refractivity contribution in [2.45, 2.75) is 19.4 Å². The fourth-order valence-corrected chi connectivity index (χ4v) is 2.64. The average molecular weight is 225 g/mol. The Labute approximate surface area is 92.9 Å². The van der Waals surface area contributed by atoms with Crippen molar-refractivity contribution in [1.82, 2.24) is 15.3 Å². The summed E-state index contributed by atoms with van der Waals surface area (Å²) < 4.78 is 0. The van der Waals surface area contributed by atoms with E-state index in [-0.39, 0.29) is 5.56 Å². The van der Waals surface area contributed by atoms with E-state index in [9.17, 15) is 4.79 Å². The van der Waals surface area contributed by atoms with Gasteiger partial charge in [-0.05, 0) is 6.92 Å². The number of thioether (sulfide) groups is 1. The van der Waals surface area contributed by atoms with Crippen LogP contribution in [-0.4, -0.2) is 34.1 Å². The first-order valence-corrected chi connectivity index (χ1v) is 6.27. The van der Waals surface area contributed by atoms with Crippen molar-refractivity contribution in [3.8, 4) is 0 Å². The maximum Gasteiger partial charge on any atom is 0.253 e. The smallest absolute Gasteiger partial charge is 0.253 e. The van der Waals surface area contributed by atoms with Crippen LogP contribution in [0.5, 0.6) is 0 Å². The molecule has 2 N–H and O–H groups in total. The lowest BCUT2D eigenvalue weighted by Crippen LogP contribution is -2.39. The number of nitrogens with zero attached hydrogens (tertiary/aromatic N) is 1. The van der Waals surface area contributed by atoms with E-state index in [4.69, 9.17) is 0 Å². The van der Waals surface area contributed by atoms with E-state index in [1.165, 1.54) is 12.1 Å². The van der Waals surface area contributed by atoms with Crippen LogP contribution in [-0.2, 0) is 6.42 Å². The van der Waals surface area contributed by atoms with Gasteiger partial charge in [-0.2, -0.15) is 11.8 Å². The third-order valence-corrected chi connectivity index (χ3v) is 3.76. The predicted molar refractivity (Wildman–Crippen MR) is 62.4 cm³/mol. The molecular formula is C10H15N3OS. The molecule has 2 heterocycles. The highest BCUT2D eigenvalue weighted by Crippen LogP contribution is 2.11. The zero-order valence-corrected chi connectivity index (χ0v) is 9.56. The molecule has 1 aromatic rings. The molecule has 0 aromatic carbocycles. The number of hydrogen-bond acceptors (Lipinski definition) is 4. The minimum Gasteiger partial charge on any atom is -0.313 e. The van der Waals surface area contributed by atoms with Crippen molar-refractivity contribution in [1.29, 1.82) is 0 Å². The Morgan fingerprint density at radius 1 is 1.67 bits per heavy atom. The molecule has 15 heavy (non-hydrogen) atoms. The summed E-state index contributed by atoms with van der Waals surface area (Å²) in [7, 11) is 0. The number of aromatic nitrogens is 2. The highest BCUT2D eigenvalue weighted by molar-refractivity contribution is 7.99. The Hall–Kier alpha value is -0.810. The molecular weight excluding hydrogens is 210 g/mol. The summed E-state index contributed by atoms with van der Waals surface area (Å²) in [5.41, 5.74) is 1.64. The molecule has 1 aliphatic heterocycles. The quantitative estimate of drug-likeness (QED) is 0.761. The van der Waals surface area contributed by atoms with E-state index in [1.54, 1.807) is 0 Å². The maximum atomic E-state index is 11.4. The molecule has 1 aliphatic rings. The second kappa shape index (κ2) is 4.81. The molecule has 2 rings (SSSR count). The third-order valence-electron chi connectivity index (χ3n) is 2.63. The van der Waals surface area contributed by atoms with E-state index in [0.29, 0.717) is 6.04 Å². The SMILES string of the molecule is Cc1c(CC2CSCCN2)nc[nH]c1=O. The number of H-pyrrole nitrogens is 1. The van der Waals surface area contributed by atoms with Gasteiger partial charge in [-0.1, -0.05) is 0 Å². The van der Waals surface area contributed by atoms with Gasteiger partial charge < -0.3 is 10.3 Å². The van der Waals surface area contributed by atoms with Crippen LogP contribution >= 0.6 is 11.8 Å². The van der Waals surface area contributed by atoms with Crippen LogP contribution in [0.4, 0.5) is 0 Å². The lowest BCUT2D eigenvalue weighted by molar-refractivity contribution is 0.555. The third kappa shape index (κ3) is 2.60. The van der Waals surface area contributed by atoms with Crippen LogP contribution in [0.2, 0.25) is 0 Å². The minimum atomic E-state index is -0.0246. The molecule has 1 atom stereocenters. The predicted octanol–water partition coefficient (Wildman–Crippen LogP) is 0.326. The first-order valence-electron chi connectivity index (χ1n) is 5.11. The van der Waals surface area contributed by atoms with E-state index in [2.05, 4.69) is 15.3 Å². The highest BCUT2D eigenvalue weighted by atomic mass is 32.2. The van der Waals surface area contributed by atoms with Crippen LogP contribution < -0.4 is 10.9 Å². The van der Waals surface area contributed by atoms with E-state index in [0.717, 1.165) is 30.0 Å². The molecule has 82 valence electrons. The second-order valence-corrected chi connectivity index (χ2v) is 4.88. The number of rotatable bonds is 2. The van der Waals surface area contributed by atoms with Gasteiger partial charge in [0.15, 0.2) is 0 Å². The normalized spacial score (nSPS) is 21.5. The van der Waals surface area contributed by atoms with Crippen molar-refractivity contribution < 1.29 is 0 Å². The number of aromatic amines is 1. The Morgan fingerprint density at radius 3 is 3.27 bits per heavy atom. The largest absolute Gasteiger partial charge is 0.313 e. The first-order chi connectivity index (χ1) is 7.27. The standard InChI is InChI=1S/C10H15N3OS/c1-7-9(12-6-13-10(7)14)4-8-5-15-3-2-11-8/h6,8,11H,2-5H2,1H3,(H,12,13,14). The van der Waals surface area contributed by atoms with Crippen LogP contribution in [0.1, 0.15) is 11.3 Å². The Kier molecular flexibility index (Phi) is 3.43. The monoisotopic (exact) mass is 225 g/mol. The van der Waals surface area contributed by atoms with Crippen LogP contribution in [0.15, 0.2) is 11.1 Å². The summed E-state index contributed by atoms with van der Waals surface area (Å²) in [6.45, 7) is 2.88. The maximum absolute atomic E-state index is 11.4. The molecule has 0 aliphatic carbocycles. The molecule has 0 radical (unpaired) electrons. The van der Waals surface area contributed by atoms with Crippen molar-refractivity contribution in [3.05, 3.63) is 27.9 Å². The second-order valence-electron chi connectivity index (χ2n) is 3.73. The number of nitrogens with one attached hydrogen (secondary N) is 2. The van der Waals surface area contributed by atoms with Gasteiger partial charge in [0.05, 0.1) is 12.0 Å². The van der Waals surface area contributed by atoms with Crippen molar-refractivity contribution in [3.63, 3.8) is 0 Å². The van der Waals surface area contributed by atoms with Gasteiger partial charge in [0, 0.05) is 36.1 Å². The molecule has 1 unspecified atom stereocenters. The fraction of sp³-hybridized carbons (Fsp3) is 0.600. The number of hydrogen-bond donors (Lipinski definition) is 2. The van der Waals surface area contributed by atoms with Crippen LogP contribution in [0, 0.1) is 6.92 Å². The molecule has 1 aromatic heterocycles. The summed E-state index contributed by atoms with van der Waals surface area (Å²) in [6, 6.07) is 0.455. The average Bonchev–Trinajstić information content (AvgIpc) is 2.26. The molecule has 0 amide bonds. The molecule has 1 fully saturated rings. The molecule has 0 spiro atoms. The molecule has 0 saturated carbocycles. The topological polar surface area (TPSA) is 57.8 Å². The van der Waals surface area contributed by atoms with Crippen molar-refractivity contribution in [2.24, 2.45) is 0 Å².